The summed E-state index contributed by atoms with van der Waals surface area (Å²) in [5.74, 6) is -1.21. The number of benzene rings is 2. The third kappa shape index (κ3) is 6.97. The highest BCUT2D eigenvalue weighted by atomic mass is 19.1. The number of halogens is 2. The molecule has 7 nitrogen and oxygen atoms in total. The Morgan fingerprint density at radius 2 is 1.68 bits per heavy atom. The Hall–Kier alpha value is -4.14. The van der Waals surface area contributed by atoms with Crippen LogP contribution in [-0.2, 0) is 12.8 Å². The summed E-state index contributed by atoms with van der Waals surface area (Å²) >= 11 is 0. The number of aromatic amines is 1. The van der Waals surface area contributed by atoms with Gasteiger partial charge in [0.25, 0.3) is 11.6 Å². The SMILES string of the molecule is CC.O=c1[nH]c(OCCc2ccc(Oc3c(F)cc(C4CC4)cc3F)cc2)ncc1Cc1cncnc1.[HH]. The van der Waals surface area contributed by atoms with Crippen molar-refractivity contribution < 1.29 is 19.7 Å². The summed E-state index contributed by atoms with van der Waals surface area (Å²) < 4.78 is 39.7. The van der Waals surface area contributed by atoms with Crippen LogP contribution < -0.4 is 15.0 Å². The normalized spacial score (nSPS) is 12.4. The molecule has 0 unspecified atom stereocenters. The molecule has 0 amide bonds. The van der Waals surface area contributed by atoms with Crippen molar-refractivity contribution in [1.29, 1.82) is 0 Å². The van der Waals surface area contributed by atoms with E-state index in [1.54, 1.807) is 36.7 Å². The molecule has 0 saturated heterocycles. The molecule has 2 heterocycles. The number of hydrogen-bond donors (Lipinski definition) is 1. The minimum Gasteiger partial charge on any atom is -0.464 e. The second kappa shape index (κ2) is 12.2. The first-order chi connectivity index (χ1) is 18.0. The van der Waals surface area contributed by atoms with E-state index >= 15 is 0 Å². The smallest absolute Gasteiger partial charge is 0.296 e. The second-order valence-electron chi connectivity index (χ2n) is 8.40. The van der Waals surface area contributed by atoms with E-state index in [1.165, 1.54) is 24.7 Å². The number of nitrogens with one attached hydrogen (secondary N) is 1. The van der Waals surface area contributed by atoms with Crippen LogP contribution in [0, 0.1) is 11.6 Å². The Kier molecular flexibility index (Phi) is 8.56. The van der Waals surface area contributed by atoms with Crippen LogP contribution in [0.2, 0.25) is 0 Å². The van der Waals surface area contributed by atoms with Crippen molar-refractivity contribution >= 4 is 0 Å². The first-order valence-electron chi connectivity index (χ1n) is 12.3. The number of hydrogen-bond acceptors (Lipinski definition) is 6. The lowest BCUT2D eigenvalue weighted by Gasteiger charge is -2.10. The van der Waals surface area contributed by atoms with Crippen LogP contribution in [0.15, 0.2) is 66.1 Å². The maximum absolute atomic E-state index is 14.3. The first kappa shape index (κ1) is 25.9. The zero-order valence-electron chi connectivity index (χ0n) is 20.7. The minimum atomic E-state index is -0.700. The predicted octanol–water partition coefficient (Wildman–Crippen LogP) is 5.99. The van der Waals surface area contributed by atoms with E-state index in [1.807, 2.05) is 13.8 Å². The molecule has 1 N–H and O–H groups in total. The third-order valence-corrected chi connectivity index (χ3v) is 5.70. The van der Waals surface area contributed by atoms with Crippen molar-refractivity contribution in [3.63, 3.8) is 0 Å². The molecule has 0 aliphatic heterocycles. The summed E-state index contributed by atoms with van der Waals surface area (Å²) in [6.07, 6.45) is 9.02. The molecule has 5 rings (SSSR count). The van der Waals surface area contributed by atoms with Crippen molar-refractivity contribution in [2.45, 2.75) is 45.4 Å². The van der Waals surface area contributed by atoms with Gasteiger partial charge in [0.15, 0.2) is 17.4 Å². The Labute approximate surface area is 215 Å². The van der Waals surface area contributed by atoms with Gasteiger partial charge in [-0.3, -0.25) is 9.78 Å². The third-order valence-electron chi connectivity index (χ3n) is 5.70. The van der Waals surface area contributed by atoms with Crippen LogP contribution >= 0.6 is 0 Å². The van der Waals surface area contributed by atoms with E-state index in [9.17, 15) is 13.6 Å². The van der Waals surface area contributed by atoms with E-state index in [2.05, 4.69) is 19.9 Å². The molecule has 2 aromatic heterocycles. The summed E-state index contributed by atoms with van der Waals surface area (Å²) in [5, 5.41) is 0. The standard InChI is InChI=1S/C26H22F2N4O3.C2H6.H2/c27-22-10-19(18-3-4-18)11-23(28)24(22)35-21-5-1-16(2-6-21)7-8-34-26-31-14-20(25(33)32-26)9-17-12-29-15-30-13-17;1-2;/h1-2,5-6,10-15,18H,3-4,7-9H2,(H,31,32,33);1-2H3;1H. The maximum atomic E-state index is 14.3. The van der Waals surface area contributed by atoms with Gasteiger partial charge in [0.1, 0.15) is 12.1 Å². The summed E-state index contributed by atoms with van der Waals surface area (Å²) in [6, 6.07) is 9.69. The molecule has 0 radical (unpaired) electrons. The fourth-order valence-corrected chi connectivity index (χ4v) is 3.68. The Bertz CT molecular complexity index is 1360. The molecule has 0 spiro atoms. The second-order valence-corrected chi connectivity index (χ2v) is 8.40. The largest absolute Gasteiger partial charge is 0.464 e. The van der Waals surface area contributed by atoms with Crippen molar-refractivity contribution in [3.8, 4) is 17.5 Å². The predicted molar refractivity (Wildman–Crippen MR) is 137 cm³/mol. The van der Waals surface area contributed by atoms with Crippen LogP contribution in [0.25, 0.3) is 0 Å². The van der Waals surface area contributed by atoms with Gasteiger partial charge < -0.3 is 9.47 Å². The number of ether oxygens (including phenoxy) is 2. The lowest BCUT2D eigenvalue weighted by Crippen LogP contribution is -2.16. The van der Waals surface area contributed by atoms with E-state index in [0.29, 0.717) is 29.7 Å². The molecular weight excluding hydrogens is 478 g/mol. The zero-order chi connectivity index (χ0) is 26.2. The van der Waals surface area contributed by atoms with Crippen molar-refractivity contribution in [2.24, 2.45) is 0 Å². The van der Waals surface area contributed by atoms with Gasteiger partial charge in [-0.25, -0.2) is 23.7 Å². The molecule has 1 saturated carbocycles. The molecule has 1 aliphatic rings. The van der Waals surface area contributed by atoms with E-state index < -0.39 is 17.4 Å². The van der Waals surface area contributed by atoms with Crippen LogP contribution in [0.4, 0.5) is 8.78 Å². The molecule has 2 aromatic carbocycles. The van der Waals surface area contributed by atoms with Gasteiger partial charge in [0.2, 0.25) is 0 Å². The number of rotatable bonds is 9. The van der Waals surface area contributed by atoms with Crippen LogP contribution in [-0.4, -0.2) is 26.5 Å². The highest BCUT2D eigenvalue weighted by Crippen LogP contribution is 2.42. The quantitative estimate of drug-likeness (QED) is 0.299. The highest BCUT2D eigenvalue weighted by Gasteiger charge is 2.26. The molecule has 0 atom stereocenters. The number of aromatic nitrogens is 4. The fourth-order valence-electron chi connectivity index (χ4n) is 3.68. The minimum absolute atomic E-state index is 0. The lowest BCUT2D eigenvalue weighted by atomic mass is 10.1. The topological polar surface area (TPSA) is 90.0 Å². The summed E-state index contributed by atoms with van der Waals surface area (Å²) in [7, 11) is 0. The van der Waals surface area contributed by atoms with Gasteiger partial charge in [0.05, 0.1) is 6.61 Å². The Balaban J connectivity index is 0.00000130. The average molecular weight is 509 g/mol. The molecule has 194 valence electrons. The zero-order valence-corrected chi connectivity index (χ0v) is 20.7. The number of nitrogens with zero attached hydrogens (tertiary/aromatic N) is 3. The van der Waals surface area contributed by atoms with E-state index in [-0.39, 0.29) is 25.5 Å². The fraction of sp³-hybridized carbons (Fsp3) is 0.286. The maximum Gasteiger partial charge on any atom is 0.296 e. The lowest BCUT2D eigenvalue weighted by molar-refractivity contribution is 0.295. The summed E-state index contributed by atoms with van der Waals surface area (Å²) in [4.78, 5) is 26.9. The molecule has 9 heteroatoms. The number of H-pyrrole nitrogens is 1. The monoisotopic (exact) mass is 508 g/mol. The molecule has 1 aliphatic carbocycles. The van der Waals surface area contributed by atoms with Gasteiger partial charge in [-0.05, 0) is 59.7 Å². The van der Waals surface area contributed by atoms with E-state index in [0.717, 1.165) is 24.0 Å². The van der Waals surface area contributed by atoms with Crippen molar-refractivity contribution in [3.05, 3.63) is 106 Å². The average Bonchev–Trinajstić information content (AvgIpc) is 3.76. The van der Waals surface area contributed by atoms with Crippen molar-refractivity contribution in [1.82, 2.24) is 19.9 Å². The van der Waals surface area contributed by atoms with Gasteiger partial charge in [0, 0.05) is 38.4 Å². The highest BCUT2D eigenvalue weighted by molar-refractivity contribution is 5.38. The molecular formula is C28H30F2N4O3. The molecule has 0 bridgehead atoms. The first-order valence-corrected chi connectivity index (χ1v) is 12.3. The van der Waals surface area contributed by atoms with Gasteiger partial charge in [-0.1, -0.05) is 26.0 Å². The van der Waals surface area contributed by atoms with Gasteiger partial charge in [-0.15, -0.1) is 0 Å². The molecule has 4 aromatic rings. The molecule has 1 fully saturated rings. The molecule has 37 heavy (non-hydrogen) atoms. The van der Waals surface area contributed by atoms with Crippen LogP contribution in [0.3, 0.4) is 0 Å². The van der Waals surface area contributed by atoms with Crippen LogP contribution in [0.1, 0.15) is 56.3 Å². The van der Waals surface area contributed by atoms with Crippen LogP contribution in [0.5, 0.6) is 17.5 Å². The summed E-state index contributed by atoms with van der Waals surface area (Å²) in [5.41, 5.74) is 2.61. The summed E-state index contributed by atoms with van der Waals surface area (Å²) in [6.45, 7) is 4.28. The Morgan fingerprint density at radius 1 is 1.00 bits per heavy atom. The van der Waals surface area contributed by atoms with Gasteiger partial charge in [-0.2, -0.15) is 0 Å². The van der Waals surface area contributed by atoms with Crippen molar-refractivity contribution in [2.75, 3.05) is 6.61 Å². The van der Waals surface area contributed by atoms with Gasteiger partial charge >= 0.3 is 0 Å². The van der Waals surface area contributed by atoms with E-state index in [4.69, 9.17) is 9.47 Å². The Morgan fingerprint density at radius 3 is 2.30 bits per heavy atom.